The van der Waals surface area contributed by atoms with Crippen LogP contribution in [0.3, 0.4) is 0 Å². The summed E-state index contributed by atoms with van der Waals surface area (Å²) in [5.74, 6) is 1.69. The van der Waals surface area contributed by atoms with Crippen LogP contribution in [0.2, 0.25) is 0 Å². The van der Waals surface area contributed by atoms with Crippen molar-refractivity contribution in [2.45, 2.75) is 25.9 Å². The van der Waals surface area contributed by atoms with Gasteiger partial charge in [0, 0.05) is 36.6 Å². The molecule has 1 unspecified atom stereocenters. The summed E-state index contributed by atoms with van der Waals surface area (Å²) in [4.78, 5) is 4.03. The minimum Gasteiger partial charge on any atom is -0.497 e. The molecule has 1 aromatic heterocycles. The van der Waals surface area contributed by atoms with Gasteiger partial charge < -0.3 is 19.4 Å². The van der Waals surface area contributed by atoms with Crippen LogP contribution in [0, 0.1) is 0 Å². The number of aryl methyl sites for hydroxylation is 1. The standard InChI is InChI=1S/C16H23N3O2/c1-13(17-2)15-6-5-14(20-3)11-16(15)21-10-4-8-19-9-7-18-12-19/h5-7,9,11-13,17H,4,8,10H2,1-3H3. The van der Waals surface area contributed by atoms with E-state index in [4.69, 9.17) is 9.47 Å². The van der Waals surface area contributed by atoms with Gasteiger partial charge in [-0.05, 0) is 26.5 Å². The molecule has 5 nitrogen and oxygen atoms in total. The predicted octanol–water partition coefficient (Wildman–Crippen LogP) is 2.64. The molecule has 0 aliphatic rings. The lowest BCUT2D eigenvalue weighted by Gasteiger charge is -2.17. The molecule has 1 atom stereocenters. The summed E-state index contributed by atoms with van der Waals surface area (Å²) >= 11 is 0. The molecule has 0 aliphatic carbocycles. The van der Waals surface area contributed by atoms with Crippen LogP contribution in [0.4, 0.5) is 0 Å². The van der Waals surface area contributed by atoms with E-state index in [9.17, 15) is 0 Å². The Kier molecular flexibility index (Phi) is 5.63. The highest BCUT2D eigenvalue weighted by Gasteiger charge is 2.11. The molecule has 0 amide bonds. The summed E-state index contributed by atoms with van der Waals surface area (Å²) in [5, 5.41) is 3.24. The average Bonchev–Trinajstić information content (AvgIpc) is 3.04. The molecule has 114 valence electrons. The first-order valence-corrected chi connectivity index (χ1v) is 7.18. The second-order valence-corrected chi connectivity index (χ2v) is 4.92. The van der Waals surface area contributed by atoms with E-state index >= 15 is 0 Å². The van der Waals surface area contributed by atoms with E-state index in [1.807, 2.05) is 42.3 Å². The third-order valence-electron chi connectivity index (χ3n) is 3.50. The predicted molar refractivity (Wildman–Crippen MR) is 82.8 cm³/mol. The number of methoxy groups -OCH3 is 1. The Hall–Kier alpha value is -2.01. The van der Waals surface area contributed by atoms with Crippen molar-refractivity contribution in [1.82, 2.24) is 14.9 Å². The Morgan fingerprint density at radius 1 is 1.38 bits per heavy atom. The SMILES string of the molecule is CNC(C)c1ccc(OC)cc1OCCCn1ccnc1. The molecule has 0 aliphatic heterocycles. The Labute approximate surface area is 125 Å². The molecule has 0 radical (unpaired) electrons. The third-order valence-corrected chi connectivity index (χ3v) is 3.50. The van der Waals surface area contributed by atoms with Crippen LogP contribution in [-0.4, -0.2) is 30.3 Å². The molecule has 0 fully saturated rings. The van der Waals surface area contributed by atoms with Crippen molar-refractivity contribution in [2.24, 2.45) is 0 Å². The Bertz CT molecular complexity index is 540. The summed E-state index contributed by atoms with van der Waals surface area (Å²) in [6.07, 6.45) is 6.50. The van der Waals surface area contributed by atoms with Crippen LogP contribution in [0.5, 0.6) is 11.5 Å². The second-order valence-electron chi connectivity index (χ2n) is 4.92. The van der Waals surface area contributed by atoms with Crippen LogP contribution in [0.1, 0.15) is 24.9 Å². The fraction of sp³-hybridized carbons (Fsp3) is 0.438. The van der Waals surface area contributed by atoms with Crippen molar-refractivity contribution in [3.05, 3.63) is 42.5 Å². The molecular formula is C16H23N3O2. The summed E-state index contributed by atoms with van der Waals surface area (Å²) in [7, 11) is 3.61. The van der Waals surface area contributed by atoms with Crippen LogP contribution in [0.25, 0.3) is 0 Å². The highest BCUT2D eigenvalue weighted by Crippen LogP contribution is 2.29. The number of benzene rings is 1. The first-order chi connectivity index (χ1) is 10.2. The molecule has 1 heterocycles. The van der Waals surface area contributed by atoms with E-state index in [0.29, 0.717) is 6.61 Å². The third kappa shape index (κ3) is 4.23. The Morgan fingerprint density at radius 2 is 2.24 bits per heavy atom. The van der Waals surface area contributed by atoms with Gasteiger partial charge in [0.1, 0.15) is 11.5 Å². The van der Waals surface area contributed by atoms with Crippen molar-refractivity contribution < 1.29 is 9.47 Å². The number of nitrogens with zero attached hydrogens (tertiary/aromatic N) is 2. The lowest BCUT2D eigenvalue weighted by Crippen LogP contribution is -2.14. The molecule has 2 aromatic rings. The van der Waals surface area contributed by atoms with Crippen LogP contribution < -0.4 is 14.8 Å². The highest BCUT2D eigenvalue weighted by atomic mass is 16.5. The molecule has 1 N–H and O–H groups in total. The number of hydrogen-bond donors (Lipinski definition) is 1. The molecule has 5 heteroatoms. The van der Waals surface area contributed by atoms with Gasteiger partial charge in [0.05, 0.1) is 20.0 Å². The monoisotopic (exact) mass is 289 g/mol. The lowest BCUT2D eigenvalue weighted by molar-refractivity contribution is 0.294. The molecule has 0 saturated heterocycles. The minimum absolute atomic E-state index is 0.236. The number of rotatable bonds is 8. The number of ether oxygens (including phenoxy) is 2. The van der Waals surface area contributed by atoms with Crippen molar-refractivity contribution in [3.8, 4) is 11.5 Å². The number of imidazole rings is 1. The van der Waals surface area contributed by atoms with Gasteiger partial charge in [-0.2, -0.15) is 0 Å². The van der Waals surface area contributed by atoms with Gasteiger partial charge in [-0.25, -0.2) is 4.98 Å². The van der Waals surface area contributed by atoms with Gasteiger partial charge in [0.25, 0.3) is 0 Å². The Morgan fingerprint density at radius 3 is 2.90 bits per heavy atom. The summed E-state index contributed by atoms with van der Waals surface area (Å²) in [6.45, 7) is 3.68. The van der Waals surface area contributed by atoms with E-state index in [-0.39, 0.29) is 6.04 Å². The van der Waals surface area contributed by atoms with Crippen LogP contribution >= 0.6 is 0 Å². The van der Waals surface area contributed by atoms with E-state index in [2.05, 4.69) is 17.2 Å². The van der Waals surface area contributed by atoms with Gasteiger partial charge >= 0.3 is 0 Å². The van der Waals surface area contributed by atoms with Crippen LogP contribution in [0.15, 0.2) is 36.9 Å². The van der Waals surface area contributed by atoms with Crippen LogP contribution in [-0.2, 0) is 6.54 Å². The fourth-order valence-corrected chi connectivity index (χ4v) is 2.13. The minimum atomic E-state index is 0.236. The molecule has 0 saturated carbocycles. The number of aromatic nitrogens is 2. The van der Waals surface area contributed by atoms with Crippen molar-refractivity contribution >= 4 is 0 Å². The van der Waals surface area contributed by atoms with Crippen molar-refractivity contribution in [1.29, 1.82) is 0 Å². The van der Waals surface area contributed by atoms with Gasteiger partial charge in [0.15, 0.2) is 0 Å². The van der Waals surface area contributed by atoms with Gasteiger partial charge in [0.2, 0.25) is 0 Å². The van der Waals surface area contributed by atoms with E-state index < -0.39 is 0 Å². The summed E-state index contributed by atoms with van der Waals surface area (Å²) in [5.41, 5.74) is 1.14. The van der Waals surface area contributed by atoms with Gasteiger partial charge in [-0.15, -0.1) is 0 Å². The molecule has 2 rings (SSSR count). The maximum atomic E-state index is 5.95. The topological polar surface area (TPSA) is 48.3 Å². The molecule has 1 aromatic carbocycles. The quantitative estimate of drug-likeness (QED) is 0.759. The van der Waals surface area contributed by atoms with Crippen molar-refractivity contribution in [3.63, 3.8) is 0 Å². The molecule has 0 spiro atoms. The zero-order valence-corrected chi connectivity index (χ0v) is 12.9. The lowest BCUT2D eigenvalue weighted by atomic mass is 10.1. The van der Waals surface area contributed by atoms with E-state index in [1.165, 1.54) is 0 Å². The van der Waals surface area contributed by atoms with E-state index in [1.54, 1.807) is 13.3 Å². The largest absolute Gasteiger partial charge is 0.497 e. The van der Waals surface area contributed by atoms with E-state index in [0.717, 1.165) is 30.0 Å². The normalized spacial score (nSPS) is 12.1. The molecular weight excluding hydrogens is 266 g/mol. The van der Waals surface area contributed by atoms with Gasteiger partial charge in [-0.1, -0.05) is 6.07 Å². The second kappa shape index (κ2) is 7.69. The molecule has 21 heavy (non-hydrogen) atoms. The van der Waals surface area contributed by atoms with Gasteiger partial charge in [-0.3, -0.25) is 0 Å². The first-order valence-electron chi connectivity index (χ1n) is 7.18. The summed E-state index contributed by atoms with van der Waals surface area (Å²) in [6, 6.07) is 6.19. The Balaban J connectivity index is 1.96. The van der Waals surface area contributed by atoms with Crippen molar-refractivity contribution in [2.75, 3.05) is 20.8 Å². The first kappa shape index (κ1) is 15.4. The zero-order valence-electron chi connectivity index (χ0n) is 12.9. The maximum Gasteiger partial charge on any atom is 0.127 e. The zero-order chi connectivity index (χ0) is 15.1. The summed E-state index contributed by atoms with van der Waals surface area (Å²) < 4.78 is 13.3. The average molecular weight is 289 g/mol. The highest BCUT2D eigenvalue weighted by molar-refractivity contribution is 5.42. The smallest absolute Gasteiger partial charge is 0.127 e. The number of hydrogen-bond acceptors (Lipinski definition) is 4. The molecule has 0 bridgehead atoms. The number of nitrogens with one attached hydrogen (secondary N) is 1. The maximum absolute atomic E-state index is 5.95. The fourth-order valence-electron chi connectivity index (χ4n) is 2.13.